The third-order valence-corrected chi connectivity index (χ3v) is 4.05. The van der Waals surface area contributed by atoms with Gasteiger partial charge in [0.25, 0.3) is 0 Å². The Morgan fingerprint density at radius 2 is 2.10 bits per heavy atom. The van der Waals surface area contributed by atoms with E-state index in [1.165, 1.54) is 6.42 Å². The summed E-state index contributed by atoms with van der Waals surface area (Å²) in [5.41, 5.74) is 1.10. The first kappa shape index (κ1) is 12.5. The van der Waals surface area contributed by atoms with Crippen LogP contribution in [0.1, 0.15) is 6.42 Å². The standard InChI is InChI=1S/C15H17N5O/c1-2-17-15(18-3-1)21-14-5-13(7-16-8-14)20-9-11-4-12(10-20)19-6-11/h1-3,5,7-8,11-12,19H,4,6,9-10H2. The van der Waals surface area contributed by atoms with E-state index in [0.29, 0.717) is 17.8 Å². The predicted octanol–water partition coefficient (Wildman–Crippen LogP) is 1.46. The lowest BCUT2D eigenvalue weighted by Gasteiger charge is -2.32. The maximum Gasteiger partial charge on any atom is 0.321 e. The second-order valence-corrected chi connectivity index (χ2v) is 5.62. The fraction of sp³-hybridized carbons (Fsp3) is 0.400. The minimum absolute atomic E-state index is 0.344. The number of ether oxygens (including phenoxy) is 1. The molecule has 2 aromatic rings. The van der Waals surface area contributed by atoms with Gasteiger partial charge in [0, 0.05) is 44.1 Å². The summed E-state index contributed by atoms with van der Waals surface area (Å²) in [6.45, 7) is 3.24. The lowest BCUT2D eigenvalue weighted by Crippen LogP contribution is -2.41. The van der Waals surface area contributed by atoms with Crippen LogP contribution in [0.4, 0.5) is 5.69 Å². The van der Waals surface area contributed by atoms with E-state index in [1.807, 2.05) is 12.3 Å². The van der Waals surface area contributed by atoms with E-state index in [-0.39, 0.29) is 0 Å². The molecule has 2 bridgehead atoms. The van der Waals surface area contributed by atoms with Crippen LogP contribution < -0.4 is 15.0 Å². The molecule has 6 nitrogen and oxygen atoms in total. The number of nitrogens with one attached hydrogen (secondary N) is 1. The van der Waals surface area contributed by atoms with Crippen molar-refractivity contribution in [3.05, 3.63) is 36.9 Å². The molecule has 0 saturated carbocycles. The number of fused-ring (bicyclic) bond motifs is 2. The molecule has 2 fully saturated rings. The van der Waals surface area contributed by atoms with E-state index >= 15 is 0 Å². The quantitative estimate of drug-likeness (QED) is 0.920. The monoisotopic (exact) mass is 283 g/mol. The SMILES string of the molecule is c1cnc(Oc2cncc(N3CC4CNC(C4)C3)c2)nc1. The van der Waals surface area contributed by atoms with Gasteiger partial charge in [-0.1, -0.05) is 0 Å². The maximum atomic E-state index is 5.65. The number of rotatable bonds is 3. The molecule has 1 N–H and O–H groups in total. The van der Waals surface area contributed by atoms with Crippen molar-refractivity contribution < 1.29 is 4.74 Å². The zero-order chi connectivity index (χ0) is 14.1. The molecule has 0 aliphatic carbocycles. The Kier molecular flexibility index (Phi) is 3.16. The van der Waals surface area contributed by atoms with Crippen LogP contribution in [0, 0.1) is 5.92 Å². The van der Waals surface area contributed by atoms with E-state index in [4.69, 9.17) is 4.74 Å². The van der Waals surface area contributed by atoms with Crippen molar-refractivity contribution in [1.29, 1.82) is 0 Å². The Morgan fingerprint density at radius 3 is 2.95 bits per heavy atom. The highest BCUT2D eigenvalue weighted by atomic mass is 16.5. The Labute approximate surface area is 123 Å². The summed E-state index contributed by atoms with van der Waals surface area (Å²) < 4.78 is 5.65. The topological polar surface area (TPSA) is 63.2 Å². The predicted molar refractivity (Wildman–Crippen MR) is 78.5 cm³/mol. The normalized spacial score (nSPS) is 24.1. The highest BCUT2D eigenvalue weighted by Gasteiger charge is 2.32. The van der Waals surface area contributed by atoms with Crippen molar-refractivity contribution >= 4 is 5.69 Å². The molecule has 0 amide bonds. The molecule has 4 heterocycles. The molecule has 108 valence electrons. The van der Waals surface area contributed by atoms with Gasteiger partial charge in [-0.25, -0.2) is 9.97 Å². The molecular formula is C15H17N5O. The van der Waals surface area contributed by atoms with Crippen molar-refractivity contribution in [2.75, 3.05) is 24.5 Å². The van der Waals surface area contributed by atoms with Gasteiger partial charge >= 0.3 is 6.01 Å². The van der Waals surface area contributed by atoms with E-state index in [1.54, 1.807) is 24.7 Å². The largest absolute Gasteiger partial charge is 0.423 e. The lowest BCUT2D eigenvalue weighted by molar-refractivity contribution is 0.438. The highest BCUT2D eigenvalue weighted by Crippen LogP contribution is 2.29. The molecule has 2 atom stereocenters. The van der Waals surface area contributed by atoms with Gasteiger partial charge in [0.05, 0.1) is 18.1 Å². The molecular weight excluding hydrogens is 266 g/mol. The van der Waals surface area contributed by atoms with Gasteiger partial charge in [-0.3, -0.25) is 4.98 Å². The van der Waals surface area contributed by atoms with Crippen LogP contribution in [0.3, 0.4) is 0 Å². The number of pyridine rings is 1. The summed E-state index contributed by atoms with van der Waals surface area (Å²) in [6.07, 6.45) is 8.19. The van der Waals surface area contributed by atoms with Crippen LogP contribution in [0.5, 0.6) is 11.8 Å². The van der Waals surface area contributed by atoms with Gasteiger partial charge in [0.1, 0.15) is 0 Å². The maximum absolute atomic E-state index is 5.65. The molecule has 0 aromatic carbocycles. The van der Waals surface area contributed by atoms with Gasteiger partial charge < -0.3 is 15.0 Å². The summed E-state index contributed by atoms with van der Waals surface area (Å²) in [6, 6.07) is 4.72. The molecule has 0 radical (unpaired) electrons. The van der Waals surface area contributed by atoms with E-state index in [2.05, 4.69) is 25.2 Å². The Hall–Kier alpha value is -2.21. The molecule has 2 aromatic heterocycles. The summed E-state index contributed by atoms with van der Waals surface area (Å²) >= 11 is 0. The zero-order valence-electron chi connectivity index (χ0n) is 11.6. The average molecular weight is 283 g/mol. The smallest absolute Gasteiger partial charge is 0.321 e. The molecule has 2 saturated heterocycles. The van der Waals surface area contributed by atoms with Crippen LogP contribution in [0.25, 0.3) is 0 Å². The summed E-state index contributed by atoms with van der Waals surface area (Å²) in [7, 11) is 0. The lowest BCUT2D eigenvalue weighted by atomic mass is 10.00. The van der Waals surface area contributed by atoms with Crippen molar-refractivity contribution in [2.45, 2.75) is 12.5 Å². The number of hydrogen-bond donors (Lipinski definition) is 1. The van der Waals surface area contributed by atoms with Crippen molar-refractivity contribution in [1.82, 2.24) is 20.3 Å². The Bertz CT molecular complexity index is 608. The number of anilines is 1. The third-order valence-electron chi connectivity index (χ3n) is 4.05. The van der Waals surface area contributed by atoms with Crippen LogP contribution >= 0.6 is 0 Å². The Morgan fingerprint density at radius 1 is 1.19 bits per heavy atom. The number of hydrogen-bond acceptors (Lipinski definition) is 6. The van der Waals surface area contributed by atoms with Crippen LogP contribution in [0.15, 0.2) is 36.9 Å². The highest BCUT2D eigenvalue weighted by molar-refractivity contribution is 5.49. The second kappa shape index (κ2) is 5.29. The molecule has 21 heavy (non-hydrogen) atoms. The molecule has 0 spiro atoms. The van der Waals surface area contributed by atoms with Crippen molar-refractivity contribution in [3.8, 4) is 11.8 Å². The molecule has 4 rings (SSSR count). The van der Waals surface area contributed by atoms with E-state index in [0.717, 1.165) is 31.2 Å². The fourth-order valence-corrected chi connectivity index (χ4v) is 3.12. The number of nitrogens with zero attached hydrogens (tertiary/aromatic N) is 4. The van der Waals surface area contributed by atoms with Crippen molar-refractivity contribution in [3.63, 3.8) is 0 Å². The molecule has 2 aliphatic heterocycles. The molecule has 2 aliphatic rings. The molecule has 2 unspecified atom stereocenters. The van der Waals surface area contributed by atoms with Gasteiger partial charge in [-0.05, 0) is 18.4 Å². The summed E-state index contributed by atoms with van der Waals surface area (Å²) in [4.78, 5) is 14.8. The van der Waals surface area contributed by atoms with E-state index in [9.17, 15) is 0 Å². The van der Waals surface area contributed by atoms with Gasteiger partial charge in [-0.2, -0.15) is 0 Å². The summed E-state index contributed by atoms with van der Waals surface area (Å²) in [5.74, 6) is 1.41. The first-order valence-electron chi connectivity index (χ1n) is 7.25. The van der Waals surface area contributed by atoms with Crippen LogP contribution in [0.2, 0.25) is 0 Å². The number of aromatic nitrogens is 3. The van der Waals surface area contributed by atoms with E-state index < -0.39 is 0 Å². The minimum Gasteiger partial charge on any atom is -0.423 e. The first-order valence-corrected chi connectivity index (χ1v) is 7.25. The number of piperidine rings is 1. The van der Waals surface area contributed by atoms with Crippen LogP contribution in [-0.4, -0.2) is 40.6 Å². The average Bonchev–Trinajstić information content (AvgIpc) is 2.87. The van der Waals surface area contributed by atoms with Crippen LogP contribution in [-0.2, 0) is 0 Å². The molecule has 6 heteroatoms. The van der Waals surface area contributed by atoms with Gasteiger partial charge in [0.15, 0.2) is 5.75 Å². The minimum atomic E-state index is 0.344. The first-order chi connectivity index (χ1) is 10.4. The van der Waals surface area contributed by atoms with Gasteiger partial charge in [-0.15, -0.1) is 0 Å². The second-order valence-electron chi connectivity index (χ2n) is 5.62. The zero-order valence-corrected chi connectivity index (χ0v) is 11.6. The summed E-state index contributed by atoms with van der Waals surface area (Å²) in [5, 5.41) is 3.56. The Balaban J connectivity index is 1.53. The third kappa shape index (κ3) is 2.67. The van der Waals surface area contributed by atoms with Gasteiger partial charge in [0.2, 0.25) is 0 Å². The van der Waals surface area contributed by atoms with Crippen molar-refractivity contribution in [2.24, 2.45) is 5.92 Å². The fourth-order valence-electron chi connectivity index (χ4n) is 3.12.